The van der Waals surface area contributed by atoms with Crippen molar-refractivity contribution in [2.24, 2.45) is 0 Å². The summed E-state index contributed by atoms with van der Waals surface area (Å²) < 4.78 is 22.7. The van der Waals surface area contributed by atoms with Crippen LogP contribution >= 0.6 is 11.6 Å². The van der Waals surface area contributed by atoms with Crippen molar-refractivity contribution in [2.75, 3.05) is 0 Å². The highest BCUT2D eigenvalue weighted by atomic mass is 35.5. The third kappa shape index (κ3) is 1.88. The maximum absolute atomic E-state index is 11.4. The molecule has 5 heteroatoms. The van der Waals surface area contributed by atoms with Crippen molar-refractivity contribution in [2.45, 2.75) is 0 Å². The van der Waals surface area contributed by atoms with Crippen LogP contribution in [-0.4, -0.2) is 11.1 Å². The molecule has 0 saturated carbocycles. The van der Waals surface area contributed by atoms with E-state index in [1.807, 2.05) is 0 Å². The van der Waals surface area contributed by atoms with Crippen LogP contribution in [0.3, 0.4) is 0 Å². The molecular weight excluding hydrogens is 141 g/mol. The molecule has 0 bridgehead atoms. The van der Waals surface area contributed by atoms with Crippen molar-refractivity contribution < 1.29 is 18.7 Å². The molecule has 0 saturated heterocycles. The summed E-state index contributed by atoms with van der Waals surface area (Å²) in [4.78, 5) is 9.38. The van der Waals surface area contributed by atoms with E-state index in [0.717, 1.165) is 0 Å². The van der Waals surface area contributed by atoms with Gasteiger partial charge < -0.3 is 5.11 Å². The molecule has 0 aliphatic heterocycles. The zero-order chi connectivity index (χ0) is 6.73. The SMILES string of the molecule is O=C(O)/C(F)=C(\F)Cl. The Labute approximate surface area is 48.4 Å². The summed E-state index contributed by atoms with van der Waals surface area (Å²) in [6, 6.07) is 0. The van der Waals surface area contributed by atoms with Crippen LogP contribution in [0.5, 0.6) is 0 Å². The first-order chi connectivity index (χ1) is 3.55. The Bertz CT molecular complexity index is 138. The van der Waals surface area contributed by atoms with Crippen LogP contribution < -0.4 is 0 Å². The van der Waals surface area contributed by atoms with Crippen molar-refractivity contribution in [3.05, 3.63) is 11.1 Å². The van der Waals surface area contributed by atoms with Crippen LogP contribution in [0, 0.1) is 0 Å². The summed E-state index contributed by atoms with van der Waals surface area (Å²) >= 11 is 4.28. The first kappa shape index (κ1) is 7.36. The minimum Gasteiger partial charge on any atom is -0.476 e. The Morgan fingerprint density at radius 2 is 1.88 bits per heavy atom. The summed E-state index contributed by atoms with van der Waals surface area (Å²) in [5.74, 6) is -3.97. The lowest BCUT2D eigenvalue weighted by molar-refractivity contribution is -0.134. The molecule has 0 unspecified atom stereocenters. The maximum atomic E-state index is 11.4. The van der Waals surface area contributed by atoms with E-state index in [4.69, 9.17) is 5.11 Å². The van der Waals surface area contributed by atoms with E-state index in [2.05, 4.69) is 11.6 Å². The van der Waals surface area contributed by atoms with Gasteiger partial charge in [-0.25, -0.2) is 4.79 Å². The van der Waals surface area contributed by atoms with Gasteiger partial charge in [0, 0.05) is 0 Å². The van der Waals surface area contributed by atoms with Crippen molar-refractivity contribution in [1.82, 2.24) is 0 Å². The molecule has 0 aromatic heterocycles. The molecular formula is C3HClF2O2. The number of hydrogen-bond acceptors (Lipinski definition) is 1. The standard InChI is InChI=1S/C3HClF2O2/c4-2(6)1(5)3(7)8/h(H,7,8)/b2-1+. The average molecular weight is 142 g/mol. The molecule has 0 fully saturated rings. The first-order valence-electron chi connectivity index (χ1n) is 1.49. The Hall–Kier alpha value is -0.640. The first-order valence-corrected chi connectivity index (χ1v) is 1.87. The Morgan fingerprint density at radius 1 is 1.50 bits per heavy atom. The number of carboxylic acids is 1. The molecule has 0 rings (SSSR count). The quantitative estimate of drug-likeness (QED) is 0.562. The predicted octanol–water partition coefficient (Wildman–Crippen LogP) is 1.42. The van der Waals surface area contributed by atoms with E-state index in [9.17, 15) is 13.6 Å². The summed E-state index contributed by atoms with van der Waals surface area (Å²) in [6.45, 7) is 0. The van der Waals surface area contributed by atoms with E-state index in [0.29, 0.717) is 0 Å². The van der Waals surface area contributed by atoms with Gasteiger partial charge in [-0.1, -0.05) is 0 Å². The molecule has 0 radical (unpaired) electrons. The second-order valence-corrected chi connectivity index (χ2v) is 1.21. The van der Waals surface area contributed by atoms with Gasteiger partial charge in [-0.2, -0.15) is 8.78 Å². The van der Waals surface area contributed by atoms with Crippen LogP contribution in [-0.2, 0) is 4.79 Å². The van der Waals surface area contributed by atoms with Crippen molar-refractivity contribution in [3.8, 4) is 0 Å². The highest BCUT2D eigenvalue weighted by Crippen LogP contribution is 2.11. The fraction of sp³-hybridized carbons (Fsp3) is 0. The second-order valence-electron chi connectivity index (χ2n) is 0.880. The molecule has 0 aromatic rings. The van der Waals surface area contributed by atoms with Gasteiger partial charge in [-0.3, -0.25) is 0 Å². The largest absolute Gasteiger partial charge is 0.476 e. The van der Waals surface area contributed by atoms with Crippen LogP contribution in [0.1, 0.15) is 0 Å². The van der Waals surface area contributed by atoms with Crippen LogP contribution in [0.2, 0.25) is 0 Å². The molecule has 0 aromatic carbocycles. The highest BCUT2D eigenvalue weighted by Gasteiger charge is 2.10. The Balaban J connectivity index is 4.23. The highest BCUT2D eigenvalue weighted by molar-refractivity contribution is 6.29. The number of hydrogen-bond donors (Lipinski definition) is 1. The van der Waals surface area contributed by atoms with Crippen LogP contribution in [0.4, 0.5) is 8.78 Å². The van der Waals surface area contributed by atoms with Crippen molar-refractivity contribution >= 4 is 17.6 Å². The third-order valence-corrected chi connectivity index (χ3v) is 0.520. The lowest BCUT2D eigenvalue weighted by atomic mass is 10.6. The van der Waals surface area contributed by atoms with Crippen molar-refractivity contribution in [3.63, 3.8) is 0 Å². The van der Waals surface area contributed by atoms with Gasteiger partial charge in [-0.05, 0) is 11.6 Å². The van der Waals surface area contributed by atoms with Gasteiger partial charge in [0.15, 0.2) is 0 Å². The van der Waals surface area contributed by atoms with Gasteiger partial charge in [0.25, 0.3) is 5.83 Å². The molecule has 46 valence electrons. The fourth-order valence-corrected chi connectivity index (χ4v) is 0.162. The third-order valence-electron chi connectivity index (χ3n) is 0.354. The van der Waals surface area contributed by atoms with Crippen LogP contribution in [0.15, 0.2) is 11.1 Å². The smallest absolute Gasteiger partial charge is 0.368 e. The molecule has 0 amide bonds. The predicted molar refractivity (Wildman–Crippen MR) is 22.7 cm³/mol. The van der Waals surface area contributed by atoms with E-state index in [1.165, 1.54) is 0 Å². The Morgan fingerprint density at radius 3 is 1.88 bits per heavy atom. The number of halogens is 3. The summed E-state index contributed by atoms with van der Waals surface area (Å²) in [7, 11) is 0. The van der Waals surface area contributed by atoms with Gasteiger partial charge in [0.05, 0.1) is 0 Å². The second kappa shape index (κ2) is 2.61. The van der Waals surface area contributed by atoms with E-state index in [-0.39, 0.29) is 0 Å². The van der Waals surface area contributed by atoms with Crippen molar-refractivity contribution in [1.29, 1.82) is 0 Å². The average Bonchev–Trinajstić information content (AvgIpc) is 1.64. The molecule has 0 aliphatic rings. The van der Waals surface area contributed by atoms with Gasteiger partial charge >= 0.3 is 5.97 Å². The minimum atomic E-state index is -2.00. The van der Waals surface area contributed by atoms with E-state index in [1.54, 1.807) is 0 Å². The van der Waals surface area contributed by atoms with Gasteiger partial charge in [0.2, 0.25) is 5.29 Å². The number of carboxylic acid groups (broad SMARTS) is 1. The van der Waals surface area contributed by atoms with Gasteiger partial charge in [-0.15, -0.1) is 0 Å². The zero-order valence-electron chi connectivity index (χ0n) is 3.49. The number of aliphatic carboxylic acids is 1. The normalized spacial score (nSPS) is 12.9. The minimum absolute atomic E-state index is 1.84. The van der Waals surface area contributed by atoms with Crippen LogP contribution in [0.25, 0.3) is 0 Å². The zero-order valence-corrected chi connectivity index (χ0v) is 4.25. The monoisotopic (exact) mass is 142 g/mol. The van der Waals surface area contributed by atoms with Gasteiger partial charge in [0.1, 0.15) is 0 Å². The maximum Gasteiger partial charge on any atom is 0.368 e. The molecule has 0 spiro atoms. The molecule has 0 aliphatic carbocycles. The summed E-state index contributed by atoms with van der Waals surface area (Å²) in [5.41, 5.74) is 0. The molecule has 2 nitrogen and oxygen atoms in total. The molecule has 1 N–H and O–H groups in total. The van der Waals surface area contributed by atoms with E-state index >= 15 is 0 Å². The Kier molecular flexibility index (Phi) is 2.41. The lowest BCUT2D eigenvalue weighted by Gasteiger charge is -1.82. The molecule has 0 heterocycles. The van der Waals surface area contributed by atoms with E-state index < -0.39 is 17.1 Å². The fourth-order valence-electron chi connectivity index (χ4n) is 0.0808. The number of carbonyl (C=O) groups is 1. The number of rotatable bonds is 1. The topological polar surface area (TPSA) is 37.3 Å². The summed E-state index contributed by atoms with van der Waals surface area (Å²) in [6.07, 6.45) is 0. The lowest BCUT2D eigenvalue weighted by Crippen LogP contribution is -1.94. The molecule has 8 heavy (non-hydrogen) atoms. The summed E-state index contributed by atoms with van der Waals surface area (Å²) in [5, 5.41) is 5.76. The molecule has 0 atom stereocenters.